The minimum atomic E-state index is -4.59. The fraction of sp³-hybridized carbons (Fsp3) is 0.278. The van der Waals surface area contributed by atoms with Crippen molar-refractivity contribution in [3.63, 3.8) is 0 Å². The van der Waals surface area contributed by atoms with Gasteiger partial charge in [0.15, 0.2) is 0 Å². The molecule has 1 aliphatic heterocycles. The molecule has 10 heteroatoms. The Morgan fingerprint density at radius 2 is 1.93 bits per heavy atom. The predicted molar refractivity (Wildman–Crippen MR) is 103 cm³/mol. The van der Waals surface area contributed by atoms with Crippen LogP contribution in [-0.4, -0.2) is 22.0 Å². The number of hydrogen-bond donors (Lipinski definition) is 1. The summed E-state index contributed by atoms with van der Waals surface area (Å²) >= 11 is 4.13. The first kappa shape index (κ1) is 20.8. The number of hydrogen-bond acceptors (Lipinski definition) is 5. The Morgan fingerprint density at radius 3 is 2.50 bits per heavy atom. The van der Waals surface area contributed by atoms with Crippen LogP contribution in [0.3, 0.4) is 0 Å². The maximum atomic E-state index is 13.3. The second-order valence-electron chi connectivity index (χ2n) is 6.15. The number of benzene rings is 1. The van der Waals surface area contributed by atoms with Gasteiger partial charge in [-0.2, -0.15) is 13.2 Å². The van der Waals surface area contributed by atoms with E-state index >= 15 is 0 Å². The molecule has 148 valence electrons. The number of rotatable bonds is 4. The Kier molecular flexibility index (Phi) is 5.83. The molecule has 0 spiro atoms. The lowest BCUT2D eigenvalue weighted by Crippen LogP contribution is -2.31. The maximum Gasteiger partial charge on any atom is 0.416 e. The number of carbonyl (C=O) groups is 2. The fourth-order valence-corrected chi connectivity index (χ4v) is 4.41. The highest BCUT2D eigenvalue weighted by Crippen LogP contribution is 2.39. The van der Waals surface area contributed by atoms with Crippen molar-refractivity contribution in [3.05, 3.63) is 51.6 Å². The van der Waals surface area contributed by atoms with Crippen molar-refractivity contribution in [2.75, 3.05) is 4.90 Å². The van der Waals surface area contributed by atoms with E-state index in [-0.39, 0.29) is 29.2 Å². The highest BCUT2D eigenvalue weighted by molar-refractivity contribution is 9.10. The number of aryl methyl sites for hydroxylation is 1. The summed E-state index contributed by atoms with van der Waals surface area (Å²) in [5.74, 6) is -0.903. The number of pyridine rings is 1. The Hall–Kier alpha value is -1.91. The number of anilines is 1. The number of amides is 2. The van der Waals surface area contributed by atoms with Gasteiger partial charge in [-0.05, 0) is 37.3 Å². The molecule has 0 radical (unpaired) electrons. The van der Waals surface area contributed by atoms with E-state index in [0.717, 1.165) is 27.2 Å². The summed E-state index contributed by atoms with van der Waals surface area (Å²) in [5, 5.41) is -0.838. The van der Waals surface area contributed by atoms with Crippen molar-refractivity contribution in [2.45, 2.75) is 36.3 Å². The smallest absolute Gasteiger partial charge is 0.326 e. The van der Waals surface area contributed by atoms with Crippen LogP contribution in [-0.2, 0) is 22.3 Å². The average Bonchev–Trinajstić information content (AvgIpc) is 2.88. The molecule has 2 amide bonds. The minimum absolute atomic E-state index is 0.0265. The van der Waals surface area contributed by atoms with Gasteiger partial charge < -0.3 is 5.73 Å². The first-order valence-corrected chi connectivity index (χ1v) is 9.86. The molecule has 1 aliphatic rings. The van der Waals surface area contributed by atoms with Crippen molar-refractivity contribution < 1.29 is 22.8 Å². The van der Waals surface area contributed by atoms with Gasteiger partial charge in [-0.15, -0.1) is 0 Å². The van der Waals surface area contributed by atoms with Gasteiger partial charge in [-0.1, -0.05) is 27.7 Å². The number of aromatic nitrogens is 1. The average molecular weight is 474 g/mol. The lowest BCUT2D eigenvalue weighted by atomic mass is 10.1. The first-order valence-electron chi connectivity index (χ1n) is 8.18. The van der Waals surface area contributed by atoms with Crippen LogP contribution in [0.25, 0.3) is 0 Å². The lowest BCUT2D eigenvalue weighted by Gasteiger charge is -2.18. The molecule has 2 heterocycles. The number of thioether (sulfide) groups is 1. The van der Waals surface area contributed by atoms with Gasteiger partial charge in [0.25, 0.3) is 0 Å². The van der Waals surface area contributed by atoms with E-state index in [1.54, 1.807) is 24.3 Å². The molecule has 1 aromatic carbocycles. The van der Waals surface area contributed by atoms with Gasteiger partial charge in [0.2, 0.25) is 11.8 Å². The summed E-state index contributed by atoms with van der Waals surface area (Å²) in [6, 6.07) is 7.55. The lowest BCUT2D eigenvalue weighted by molar-refractivity contribution is -0.138. The third kappa shape index (κ3) is 4.08. The third-order valence-electron chi connectivity index (χ3n) is 4.17. The van der Waals surface area contributed by atoms with Gasteiger partial charge >= 0.3 is 6.18 Å². The van der Waals surface area contributed by atoms with Crippen molar-refractivity contribution in [3.8, 4) is 0 Å². The Morgan fingerprint density at radius 1 is 1.29 bits per heavy atom. The van der Waals surface area contributed by atoms with Crippen LogP contribution in [0.15, 0.2) is 39.8 Å². The molecule has 0 aliphatic carbocycles. The molecule has 1 aromatic heterocycles. The highest BCUT2D eigenvalue weighted by Gasteiger charge is 2.42. The SMILES string of the molecule is Cc1cc(C(F)(F)F)c(CN)c(S[C@H]2CC(=O)N(c3ccc(Br)cc3)C2=O)n1. The van der Waals surface area contributed by atoms with Gasteiger partial charge in [0.1, 0.15) is 5.03 Å². The van der Waals surface area contributed by atoms with Gasteiger partial charge in [-0.25, -0.2) is 9.88 Å². The van der Waals surface area contributed by atoms with Gasteiger partial charge in [-0.3, -0.25) is 9.59 Å². The molecule has 0 saturated carbocycles. The summed E-state index contributed by atoms with van der Waals surface area (Å²) in [5.41, 5.74) is 5.07. The molecular weight excluding hydrogens is 459 g/mol. The minimum Gasteiger partial charge on any atom is -0.326 e. The monoisotopic (exact) mass is 473 g/mol. The van der Waals surface area contributed by atoms with Crippen LogP contribution < -0.4 is 10.6 Å². The Labute approximate surface area is 171 Å². The van der Waals surface area contributed by atoms with E-state index in [9.17, 15) is 22.8 Å². The van der Waals surface area contributed by atoms with E-state index in [4.69, 9.17) is 5.73 Å². The zero-order valence-electron chi connectivity index (χ0n) is 14.6. The molecule has 5 nitrogen and oxygen atoms in total. The molecular formula is C18H15BrF3N3O2S. The van der Waals surface area contributed by atoms with Crippen LogP contribution in [0.4, 0.5) is 18.9 Å². The molecule has 28 heavy (non-hydrogen) atoms. The van der Waals surface area contributed by atoms with Crippen LogP contribution in [0.2, 0.25) is 0 Å². The molecule has 0 unspecified atom stereocenters. The zero-order chi connectivity index (χ0) is 20.6. The molecule has 3 rings (SSSR count). The summed E-state index contributed by atoms with van der Waals surface area (Å²) in [6.07, 6.45) is -4.71. The topological polar surface area (TPSA) is 76.3 Å². The van der Waals surface area contributed by atoms with Crippen LogP contribution >= 0.6 is 27.7 Å². The quantitative estimate of drug-likeness (QED) is 0.677. The van der Waals surface area contributed by atoms with Crippen LogP contribution in [0.1, 0.15) is 23.2 Å². The van der Waals surface area contributed by atoms with E-state index in [0.29, 0.717) is 5.69 Å². The van der Waals surface area contributed by atoms with E-state index in [1.165, 1.54) is 6.92 Å². The molecule has 1 atom stereocenters. The fourth-order valence-electron chi connectivity index (χ4n) is 2.91. The highest BCUT2D eigenvalue weighted by atomic mass is 79.9. The van der Waals surface area contributed by atoms with E-state index in [1.807, 2.05) is 0 Å². The number of halogens is 4. The maximum absolute atomic E-state index is 13.3. The van der Waals surface area contributed by atoms with Gasteiger partial charge in [0.05, 0.1) is 16.5 Å². The molecule has 2 aromatic rings. The number of imide groups is 1. The van der Waals surface area contributed by atoms with Crippen molar-refractivity contribution in [1.82, 2.24) is 4.98 Å². The number of alkyl halides is 3. The predicted octanol–water partition coefficient (Wildman–Crippen LogP) is 4.05. The van der Waals surface area contributed by atoms with E-state index < -0.39 is 28.8 Å². The molecule has 1 fully saturated rings. The van der Waals surface area contributed by atoms with Crippen LogP contribution in [0, 0.1) is 6.92 Å². The third-order valence-corrected chi connectivity index (χ3v) is 5.91. The number of nitrogens with zero attached hydrogens (tertiary/aromatic N) is 2. The molecule has 2 N–H and O–H groups in total. The Bertz CT molecular complexity index is 935. The van der Waals surface area contributed by atoms with Crippen molar-refractivity contribution in [1.29, 1.82) is 0 Å². The van der Waals surface area contributed by atoms with E-state index in [2.05, 4.69) is 20.9 Å². The second kappa shape index (κ2) is 7.84. The normalized spacial score (nSPS) is 17.5. The van der Waals surface area contributed by atoms with Crippen molar-refractivity contribution >= 4 is 45.2 Å². The summed E-state index contributed by atoms with van der Waals surface area (Å²) in [4.78, 5) is 30.3. The summed E-state index contributed by atoms with van der Waals surface area (Å²) in [6.45, 7) is 1.06. The second-order valence-corrected chi connectivity index (χ2v) is 8.26. The molecule has 0 bridgehead atoms. The van der Waals surface area contributed by atoms with Crippen LogP contribution in [0.5, 0.6) is 0 Å². The summed E-state index contributed by atoms with van der Waals surface area (Å²) < 4.78 is 40.8. The van der Waals surface area contributed by atoms with Gasteiger partial charge in [0, 0.05) is 28.7 Å². The zero-order valence-corrected chi connectivity index (χ0v) is 17.0. The van der Waals surface area contributed by atoms with Crippen molar-refractivity contribution in [2.24, 2.45) is 5.73 Å². The standard InChI is InChI=1S/C18H15BrF3N3O2S/c1-9-6-13(18(20,21)22)12(8-23)16(24-9)28-14-7-15(26)25(17(14)27)11-4-2-10(19)3-5-11/h2-6,14H,7-8,23H2,1H3/t14-/m0/s1. The largest absolute Gasteiger partial charge is 0.416 e. The number of carbonyl (C=O) groups excluding carboxylic acids is 2. The first-order chi connectivity index (χ1) is 13.1. The number of nitrogens with two attached hydrogens (primary N) is 1. The molecule has 1 saturated heterocycles. The summed E-state index contributed by atoms with van der Waals surface area (Å²) in [7, 11) is 0. The Balaban J connectivity index is 1.92.